The van der Waals surface area contributed by atoms with E-state index in [1.165, 1.54) is 6.42 Å². The molecule has 2 aliphatic rings. The lowest BCUT2D eigenvalue weighted by molar-refractivity contribution is -0.134. The van der Waals surface area contributed by atoms with Gasteiger partial charge in [0.2, 0.25) is 5.91 Å². The molecule has 0 bridgehead atoms. The normalized spacial score (nSPS) is 26.1. The van der Waals surface area contributed by atoms with E-state index in [2.05, 4.69) is 17.1 Å². The van der Waals surface area contributed by atoms with Gasteiger partial charge in [-0.3, -0.25) is 9.69 Å². The standard InChI is InChI=1S/C14H27N3O2.2ClH/c1-12-11-17(7-6-16(12)8-9-19-2)14(18)10-13-4-3-5-15-13;;/h12-13,15H,3-11H2,1-2H3;2*1H. The van der Waals surface area contributed by atoms with Crippen LogP contribution in [0.2, 0.25) is 0 Å². The van der Waals surface area contributed by atoms with Crippen LogP contribution in [0.3, 0.4) is 0 Å². The predicted molar refractivity (Wildman–Crippen MR) is 89.6 cm³/mol. The first-order valence-electron chi connectivity index (χ1n) is 7.45. The Hall–Kier alpha value is -0.0700. The number of carbonyl (C=O) groups excluding carboxylic acids is 1. The maximum Gasteiger partial charge on any atom is 0.224 e. The zero-order valence-electron chi connectivity index (χ0n) is 13.0. The monoisotopic (exact) mass is 341 g/mol. The van der Waals surface area contributed by atoms with Crippen molar-refractivity contribution in [1.29, 1.82) is 0 Å². The smallest absolute Gasteiger partial charge is 0.224 e. The van der Waals surface area contributed by atoms with Crippen LogP contribution in [0.4, 0.5) is 0 Å². The Balaban J connectivity index is 0.00000200. The van der Waals surface area contributed by atoms with Gasteiger partial charge in [-0.05, 0) is 26.3 Å². The highest BCUT2D eigenvalue weighted by Gasteiger charge is 2.28. The third kappa shape index (κ3) is 6.28. The highest BCUT2D eigenvalue weighted by Crippen LogP contribution is 2.14. The molecule has 5 nitrogen and oxygen atoms in total. The number of carbonyl (C=O) groups is 1. The minimum atomic E-state index is 0. The van der Waals surface area contributed by atoms with Crippen LogP contribution in [0.25, 0.3) is 0 Å². The summed E-state index contributed by atoms with van der Waals surface area (Å²) >= 11 is 0. The van der Waals surface area contributed by atoms with Crippen molar-refractivity contribution >= 4 is 30.7 Å². The fourth-order valence-corrected chi connectivity index (χ4v) is 3.03. The molecule has 21 heavy (non-hydrogen) atoms. The van der Waals surface area contributed by atoms with Gasteiger partial charge >= 0.3 is 0 Å². The summed E-state index contributed by atoms with van der Waals surface area (Å²) in [5.41, 5.74) is 0. The second-order valence-electron chi connectivity index (χ2n) is 5.71. The van der Waals surface area contributed by atoms with Crippen molar-refractivity contribution in [3.8, 4) is 0 Å². The molecule has 1 amide bonds. The molecule has 2 rings (SSSR count). The first-order chi connectivity index (χ1) is 9.20. The quantitative estimate of drug-likeness (QED) is 0.814. The van der Waals surface area contributed by atoms with E-state index < -0.39 is 0 Å². The number of piperazine rings is 1. The molecule has 0 radical (unpaired) electrons. The van der Waals surface area contributed by atoms with E-state index in [-0.39, 0.29) is 24.8 Å². The van der Waals surface area contributed by atoms with Gasteiger partial charge in [-0.25, -0.2) is 0 Å². The first-order valence-corrected chi connectivity index (χ1v) is 7.45. The van der Waals surface area contributed by atoms with E-state index in [0.717, 1.165) is 45.8 Å². The third-order valence-corrected chi connectivity index (χ3v) is 4.28. The second kappa shape index (κ2) is 10.6. The predicted octanol–water partition coefficient (Wildman–Crippen LogP) is 1.15. The van der Waals surface area contributed by atoms with Crippen LogP contribution in [0.15, 0.2) is 0 Å². The summed E-state index contributed by atoms with van der Waals surface area (Å²) in [6.45, 7) is 7.68. The summed E-state index contributed by atoms with van der Waals surface area (Å²) in [6, 6.07) is 0.846. The lowest BCUT2D eigenvalue weighted by Crippen LogP contribution is -2.54. The van der Waals surface area contributed by atoms with Crippen molar-refractivity contribution < 1.29 is 9.53 Å². The van der Waals surface area contributed by atoms with Gasteiger partial charge in [-0.15, -0.1) is 24.8 Å². The Morgan fingerprint density at radius 1 is 1.33 bits per heavy atom. The largest absolute Gasteiger partial charge is 0.383 e. The van der Waals surface area contributed by atoms with E-state index in [0.29, 0.717) is 24.4 Å². The van der Waals surface area contributed by atoms with Crippen LogP contribution >= 0.6 is 24.8 Å². The van der Waals surface area contributed by atoms with Crippen LogP contribution < -0.4 is 5.32 Å². The molecule has 0 aliphatic carbocycles. The molecule has 126 valence electrons. The summed E-state index contributed by atoms with van der Waals surface area (Å²) in [5.74, 6) is 0.317. The van der Waals surface area contributed by atoms with E-state index in [1.54, 1.807) is 7.11 Å². The molecule has 2 aliphatic heterocycles. The van der Waals surface area contributed by atoms with Gasteiger partial charge in [0, 0.05) is 51.8 Å². The summed E-state index contributed by atoms with van der Waals surface area (Å²) in [6.07, 6.45) is 3.03. The number of hydrogen-bond donors (Lipinski definition) is 1. The van der Waals surface area contributed by atoms with Gasteiger partial charge in [-0.1, -0.05) is 0 Å². The van der Waals surface area contributed by atoms with Gasteiger partial charge in [0.25, 0.3) is 0 Å². The number of nitrogens with zero attached hydrogens (tertiary/aromatic N) is 2. The maximum absolute atomic E-state index is 12.3. The number of ether oxygens (including phenoxy) is 1. The zero-order valence-corrected chi connectivity index (χ0v) is 14.7. The van der Waals surface area contributed by atoms with Crippen LogP contribution in [0, 0.1) is 0 Å². The van der Waals surface area contributed by atoms with Crippen LogP contribution in [-0.2, 0) is 9.53 Å². The van der Waals surface area contributed by atoms with E-state index in [9.17, 15) is 4.79 Å². The van der Waals surface area contributed by atoms with Gasteiger partial charge < -0.3 is 15.0 Å². The molecule has 0 aromatic heterocycles. The van der Waals surface area contributed by atoms with Crippen molar-refractivity contribution in [1.82, 2.24) is 15.1 Å². The molecule has 0 aromatic rings. The molecule has 2 atom stereocenters. The van der Waals surface area contributed by atoms with Crippen molar-refractivity contribution in [3.05, 3.63) is 0 Å². The molecule has 1 N–H and O–H groups in total. The molecular formula is C14H29Cl2N3O2. The summed E-state index contributed by atoms with van der Waals surface area (Å²) in [5, 5.41) is 3.40. The molecule has 2 fully saturated rings. The number of hydrogen-bond acceptors (Lipinski definition) is 4. The number of methoxy groups -OCH3 is 1. The second-order valence-corrected chi connectivity index (χ2v) is 5.71. The molecule has 2 saturated heterocycles. The first kappa shape index (κ1) is 20.9. The zero-order chi connectivity index (χ0) is 13.7. The SMILES string of the molecule is COCCN1CCN(C(=O)CC2CCCN2)CC1C.Cl.Cl. The number of nitrogens with one attached hydrogen (secondary N) is 1. The Labute approximate surface area is 140 Å². The molecule has 7 heteroatoms. The van der Waals surface area contributed by atoms with Crippen LogP contribution in [0.5, 0.6) is 0 Å². The van der Waals surface area contributed by atoms with Gasteiger partial charge in [0.1, 0.15) is 0 Å². The molecule has 0 saturated carbocycles. The fourth-order valence-electron chi connectivity index (χ4n) is 3.03. The van der Waals surface area contributed by atoms with Crippen molar-refractivity contribution in [2.75, 3.05) is 46.4 Å². The lowest BCUT2D eigenvalue weighted by atomic mass is 10.1. The highest BCUT2D eigenvalue weighted by molar-refractivity contribution is 5.85. The molecule has 0 spiro atoms. The Kier molecular flexibility index (Phi) is 10.6. The van der Waals surface area contributed by atoms with Crippen molar-refractivity contribution in [2.45, 2.75) is 38.3 Å². The van der Waals surface area contributed by atoms with E-state index in [4.69, 9.17) is 4.74 Å². The van der Waals surface area contributed by atoms with Gasteiger partial charge in [0.05, 0.1) is 6.61 Å². The molecule has 2 heterocycles. The fraction of sp³-hybridized carbons (Fsp3) is 0.929. The lowest BCUT2D eigenvalue weighted by Gasteiger charge is -2.40. The molecule has 2 unspecified atom stereocenters. The van der Waals surface area contributed by atoms with E-state index >= 15 is 0 Å². The minimum absolute atomic E-state index is 0. The maximum atomic E-state index is 12.3. The van der Waals surface area contributed by atoms with Crippen molar-refractivity contribution in [2.24, 2.45) is 0 Å². The molecule has 0 aromatic carbocycles. The van der Waals surface area contributed by atoms with Crippen LogP contribution in [-0.4, -0.2) is 74.2 Å². The number of rotatable bonds is 5. The summed E-state index contributed by atoms with van der Waals surface area (Å²) in [7, 11) is 1.74. The van der Waals surface area contributed by atoms with Crippen LogP contribution in [0.1, 0.15) is 26.2 Å². The third-order valence-electron chi connectivity index (χ3n) is 4.28. The molecular weight excluding hydrogens is 313 g/mol. The Morgan fingerprint density at radius 3 is 2.67 bits per heavy atom. The average molecular weight is 342 g/mol. The van der Waals surface area contributed by atoms with Crippen molar-refractivity contribution in [3.63, 3.8) is 0 Å². The average Bonchev–Trinajstić information content (AvgIpc) is 2.90. The summed E-state index contributed by atoms with van der Waals surface area (Å²) in [4.78, 5) is 16.7. The van der Waals surface area contributed by atoms with Gasteiger partial charge in [0.15, 0.2) is 0 Å². The van der Waals surface area contributed by atoms with Gasteiger partial charge in [-0.2, -0.15) is 0 Å². The highest BCUT2D eigenvalue weighted by atomic mass is 35.5. The number of halogens is 2. The Morgan fingerprint density at radius 2 is 2.10 bits per heavy atom. The van der Waals surface area contributed by atoms with E-state index in [1.807, 2.05) is 4.90 Å². The number of amides is 1. The Bertz CT molecular complexity index is 302. The topological polar surface area (TPSA) is 44.8 Å². The summed E-state index contributed by atoms with van der Waals surface area (Å²) < 4.78 is 5.13. The minimum Gasteiger partial charge on any atom is -0.383 e.